The van der Waals surface area contributed by atoms with Gasteiger partial charge in [0.2, 0.25) is 5.91 Å². The molecule has 1 aromatic rings. The summed E-state index contributed by atoms with van der Waals surface area (Å²) in [5.41, 5.74) is 1.24. The van der Waals surface area contributed by atoms with Crippen LogP contribution in [0.5, 0.6) is 0 Å². The van der Waals surface area contributed by atoms with Gasteiger partial charge in [0.15, 0.2) is 0 Å². The fraction of sp³-hybridized carbons (Fsp3) is 0.429. The predicted octanol–water partition coefficient (Wildman–Crippen LogP) is 2.68. The van der Waals surface area contributed by atoms with Crippen molar-refractivity contribution in [2.75, 3.05) is 13.2 Å². The van der Waals surface area contributed by atoms with Crippen LogP contribution in [0.2, 0.25) is 0 Å². The molecule has 4 nitrogen and oxygen atoms in total. The molecule has 102 valence electrons. The summed E-state index contributed by atoms with van der Waals surface area (Å²) in [7, 11) is 0. The monoisotopic (exact) mass is 279 g/mol. The Labute approximate surface area is 117 Å². The predicted molar refractivity (Wildman–Crippen MR) is 74.9 cm³/mol. The molecule has 0 radical (unpaired) electrons. The van der Waals surface area contributed by atoms with Gasteiger partial charge in [0, 0.05) is 17.4 Å². The third kappa shape index (κ3) is 3.99. The van der Waals surface area contributed by atoms with E-state index in [0.717, 1.165) is 5.75 Å². The summed E-state index contributed by atoms with van der Waals surface area (Å²) >= 11 is 1.72. The summed E-state index contributed by atoms with van der Waals surface area (Å²) in [5, 5.41) is 0.182. The Morgan fingerprint density at radius 1 is 1.42 bits per heavy atom. The number of carbonyl (C=O) groups is 2. The quantitative estimate of drug-likeness (QED) is 0.831. The Kier molecular flexibility index (Phi) is 4.85. The van der Waals surface area contributed by atoms with Gasteiger partial charge in [-0.1, -0.05) is 37.3 Å². The van der Waals surface area contributed by atoms with Gasteiger partial charge in [0.1, 0.15) is 6.61 Å². The molecule has 2 amide bonds. The van der Waals surface area contributed by atoms with Gasteiger partial charge in [-0.2, -0.15) is 11.8 Å². The average molecular weight is 279 g/mol. The minimum atomic E-state index is -0.509. The number of rotatable bonds is 5. The maximum atomic E-state index is 11.9. The summed E-state index contributed by atoms with van der Waals surface area (Å²) in [4.78, 5) is 24.3. The summed E-state index contributed by atoms with van der Waals surface area (Å²) in [6.07, 6.45) is -0.141. The molecule has 19 heavy (non-hydrogen) atoms. The standard InChI is InChI=1S/C14H17NO3S/c1-11(19-10-12-5-3-2-4-6-12)9-13(16)15-7-8-18-14(15)17/h2-6,11H,7-10H2,1H3/t11-/m0/s1. The summed E-state index contributed by atoms with van der Waals surface area (Å²) < 4.78 is 4.76. The van der Waals surface area contributed by atoms with Crippen LogP contribution in [-0.2, 0) is 15.3 Å². The Bertz CT molecular complexity index is 449. The first kappa shape index (κ1) is 13.9. The zero-order valence-corrected chi connectivity index (χ0v) is 11.7. The number of hydrogen-bond acceptors (Lipinski definition) is 4. The minimum absolute atomic E-state index is 0.143. The molecule has 1 aromatic carbocycles. The molecule has 0 bridgehead atoms. The molecule has 0 N–H and O–H groups in total. The Balaban J connectivity index is 1.76. The molecular formula is C14H17NO3S. The molecule has 2 rings (SSSR count). The molecule has 5 heteroatoms. The molecule has 0 aromatic heterocycles. The molecular weight excluding hydrogens is 262 g/mol. The molecule has 0 aliphatic carbocycles. The first-order valence-electron chi connectivity index (χ1n) is 6.29. The number of thioether (sulfide) groups is 1. The lowest BCUT2D eigenvalue weighted by atomic mass is 10.2. The van der Waals surface area contributed by atoms with Crippen LogP contribution >= 0.6 is 11.8 Å². The normalized spacial score (nSPS) is 16.3. The van der Waals surface area contributed by atoms with Crippen LogP contribution in [0.3, 0.4) is 0 Å². The molecule has 1 saturated heterocycles. The highest BCUT2D eigenvalue weighted by atomic mass is 32.2. The highest BCUT2D eigenvalue weighted by Gasteiger charge is 2.28. The maximum Gasteiger partial charge on any atom is 0.416 e. The van der Waals surface area contributed by atoms with E-state index in [1.807, 2.05) is 25.1 Å². The molecule has 1 aliphatic heterocycles. The topological polar surface area (TPSA) is 46.6 Å². The van der Waals surface area contributed by atoms with Crippen molar-refractivity contribution >= 4 is 23.8 Å². The van der Waals surface area contributed by atoms with Crippen LogP contribution in [0.1, 0.15) is 18.9 Å². The van der Waals surface area contributed by atoms with E-state index in [1.54, 1.807) is 11.8 Å². The fourth-order valence-electron chi connectivity index (χ4n) is 1.85. The van der Waals surface area contributed by atoms with Gasteiger partial charge in [-0.3, -0.25) is 4.79 Å². The maximum absolute atomic E-state index is 11.9. The van der Waals surface area contributed by atoms with Gasteiger partial charge in [0.25, 0.3) is 0 Å². The lowest BCUT2D eigenvalue weighted by molar-refractivity contribution is -0.127. The fourth-order valence-corrected chi connectivity index (χ4v) is 2.78. The SMILES string of the molecule is C[C@@H](CC(=O)N1CCOC1=O)SCc1ccccc1. The van der Waals surface area contributed by atoms with E-state index < -0.39 is 6.09 Å². The second-order valence-electron chi connectivity index (χ2n) is 4.47. The van der Waals surface area contributed by atoms with E-state index in [-0.39, 0.29) is 11.2 Å². The summed E-state index contributed by atoms with van der Waals surface area (Å²) in [6.45, 7) is 2.71. The van der Waals surface area contributed by atoms with E-state index in [2.05, 4.69) is 12.1 Å². The van der Waals surface area contributed by atoms with Crippen molar-refractivity contribution in [2.45, 2.75) is 24.3 Å². The minimum Gasteiger partial charge on any atom is -0.447 e. The van der Waals surface area contributed by atoms with Crippen LogP contribution in [0, 0.1) is 0 Å². The van der Waals surface area contributed by atoms with Crippen molar-refractivity contribution in [3.05, 3.63) is 35.9 Å². The number of ether oxygens (including phenoxy) is 1. The van der Waals surface area contributed by atoms with Crippen molar-refractivity contribution in [2.24, 2.45) is 0 Å². The van der Waals surface area contributed by atoms with Crippen molar-refractivity contribution in [3.8, 4) is 0 Å². The first-order chi connectivity index (χ1) is 9.16. The number of cyclic esters (lactones) is 1. The van der Waals surface area contributed by atoms with Gasteiger partial charge >= 0.3 is 6.09 Å². The highest BCUT2D eigenvalue weighted by Crippen LogP contribution is 2.21. The Morgan fingerprint density at radius 3 is 2.79 bits per heavy atom. The van der Waals surface area contributed by atoms with Crippen LogP contribution in [-0.4, -0.2) is 35.3 Å². The second-order valence-corrected chi connectivity index (χ2v) is 5.90. The zero-order chi connectivity index (χ0) is 13.7. The lowest BCUT2D eigenvalue weighted by Gasteiger charge is -2.14. The van der Waals surface area contributed by atoms with Gasteiger partial charge in [-0.05, 0) is 5.56 Å². The van der Waals surface area contributed by atoms with Crippen molar-refractivity contribution < 1.29 is 14.3 Å². The smallest absolute Gasteiger partial charge is 0.416 e. The van der Waals surface area contributed by atoms with E-state index in [1.165, 1.54) is 10.5 Å². The second kappa shape index (κ2) is 6.61. The molecule has 1 atom stereocenters. The first-order valence-corrected chi connectivity index (χ1v) is 7.34. The number of benzene rings is 1. The van der Waals surface area contributed by atoms with E-state index in [4.69, 9.17) is 4.74 Å². The molecule has 0 unspecified atom stereocenters. The molecule has 1 fully saturated rings. The van der Waals surface area contributed by atoms with Crippen LogP contribution in [0.15, 0.2) is 30.3 Å². The average Bonchev–Trinajstić information content (AvgIpc) is 2.84. The molecule has 0 spiro atoms. The Morgan fingerprint density at radius 2 is 2.16 bits per heavy atom. The van der Waals surface area contributed by atoms with Gasteiger partial charge in [-0.15, -0.1) is 0 Å². The molecule has 1 heterocycles. The number of hydrogen-bond donors (Lipinski definition) is 0. The van der Waals surface area contributed by atoms with Crippen LogP contribution in [0.4, 0.5) is 4.79 Å². The zero-order valence-electron chi connectivity index (χ0n) is 10.9. The molecule has 0 saturated carbocycles. The van der Waals surface area contributed by atoms with Crippen molar-refractivity contribution in [1.82, 2.24) is 4.90 Å². The van der Waals surface area contributed by atoms with Crippen LogP contribution < -0.4 is 0 Å². The number of imide groups is 1. The third-order valence-electron chi connectivity index (χ3n) is 2.90. The van der Waals surface area contributed by atoms with Crippen molar-refractivity contribution in [3.63, 3.8) is 0 Å². The number of nitrogens with zero attached hydrogens (tertiary/aromatic N) is 1. The Hall–Kier alpha value is -1.49. The number of amides is 2. The van der Waals surface area contributed by atoms with E-state index in [0.29, 0.717) is 19.6 Å². The molecule has 1 aliphatic rings. The van der Waals surface area contributed by atoms with Crippen molar-refractivity contribution in [1.29, 1.82) is 0 Å². The van der Waals surface area contributed by atoms with E-state index in [9.17, 15) is 9.59 Å². The largest absolute Gasteiger partial charge is 0.447 e. The van der Waals surface area contributed by atoms with E-state index >= 15 is 0 Å². The van der Waals surface area contributed by atoms with Gasteiger partial charge in [0.05, 0.1) is 6.54 Å². The summed E-state index contributed by atoms with van der Waals surface area (Å²) in [6, 6.07) is 10.1. The van der Waals surface area contributed by atoms with Gasteiger partial charge in [-0.25, -0.2) is 9.69 Å². The summed E-state index contributed by atoms with van der Waals surface area (Å²) in [5.74, 6) is 0.732. The highest BCUT2D eigenvalue weighted by molar-refractivity contribution is 7.99. The third-order valence-corrected chi connectivity index (χ3v) is 4.14. The van der Waals surface area contributed by atoms with Gasteiger partial charge < -0.3 is 4.74 Å². The number of carbonyl (C=O) groups excluding carboxylic acids is 2. The lowest BCUT2D eigenvalue weighted by Crippen LogP contribution is -2.33. The van der Waals surface area contributed by atoms with Crippen LogP contribution in [0.25, 0.3) is 0 Å².